The van der Waals surface area contributed by atoms with Gasteiger partial charge in [0.2, 0.25) is 0 Å². The fourth-order valence-corrected chi connectivity index (χ4v) is 3.27. The van der Waals surface area contributed by atoms with E-state index < -0.39 is 5.97 Å². The van der Waals surface area contributed by atoms with Gasteiger partial charge in [-0.15, -0.1) is 0 Å². The summed E-state index contributed by atoms with van der Waals surface area (Å²) < 4.78 is 7.59. The highest BCUT2D eigenvalue weighted by molar-refractivity contribution is 5.89. The van der Waals surface area contributed by atoms with Crippen LogP contribution in [0.4, 0.5) is 0 Å². The lowest BCUT2D eigenvalue weighted by atomic mass is 10.1. The van der Waals surface area contributed by atoms with Crippen LogP contribution >= 0.6 is 0 Å². The number of imidazole rings is 1. The third kappa shape index (κ3) is 3.20. The molecule has 4 rings (SSSR count). The average Bonchev–Trinajstić information content (AvgIpc) is 3.08. The van der Waals surface area contributed by atoms with Gasteiger partial charge in [0, 0.05) is 11.8 Å². The number of pyridine rings is 1. The lowest BCUT2D eigenvalue weighted by Gasteiger charge is -2.13. The minimum atomic E-state index is -0.994. The summed E-state index contributed by atoms with van der Waals surface area (Å²) in [6, 6.07) is 16.9. The van der Waals surface area contributed by atoms with Gasteiger partial charge < -0.3 is 14.4 Å². The van der Waals surface area contributed by atoms with E-state index in [1.54, 1.807) is 13.2 Å². The summed E-state index contributed by atoms with van der Waals surface area (Å²) in [4.78, 5) is 20.5. The Bertz CT molecular complexity index is 1180. The Morgan fingerprint density at radius 3 is 2.75 bits per heavy atom. The van der Waals surface area contributed by atoms with Crippen LogP contribution in [0.1, 0.15) is 21.5 Å². The molecular formula is C22H19N3O3. The van der Waals surface area contributed by atoms with Crippen molar-refractivity contribution in [3.63, 3.8) is 0 Å². The minimum Gasteiger partial charge on any atom is -0.496 e. The predicted molar refractivity (Wildman–Crippen MR) is 107 cm³/mol. The number of fused-ring (bicyclic) bond motifs is 1. The van der Waals surface area contributed by atoms with Crippen LogP contribution in [-0.4, -0.2) is 32.7 Å². The number of aromatic nitrogens is 3. The number of para-hydroxylation sites is 2. The van der Waals surface area contributed by atoms with Gasteiger partial charge >= 0.3 is 5.97 Å². The molecule has 0 saturated heterocycles. The Hall–Kier alpha value is -3.67. The molecule has 2 heterocycles. The van der Waals surface area contributed by atoms with Gasteiger partial charge in [-0.3, -0.25) is 4.98 Å². The summed E-state index contributed by atoms with van der Waals surface area (Å²) in [5.41, 5.74) is 4.59. The number of carbonyl (C=O) groups is 1. The number of carboxylic acids is 1. The molecule has 0 radical (unpaired) electrons. The highest BCUT2D eigenvalue weighted by Gasteiger charge is 2.17. The molecule has 0 bridgehead atoms. The van der Waals surface area contributed by atoms with E-state index in [9.17, 15) is 9.90 Å². The second kappa shape index (κ2) is 7.15. The molecule has 2 aromatic heterocycles. The molecule has 0 unspecified atom stereocenters. The molecule has 2 aromatic carbocycles. The molecule has 140 valence electrons. The quantitative estimate of drug-likeness (QED) is 0.568. The first-order valence-electron chi connectivity index (χ1n) is 8.85. The zero-order chi connectivity index (χ0) is 19.7. The number of hydrogen-bond donors (Lipinski definition) is 1. The molecule has 4 aromatic rings. The van der Waals surface area contributed by atoms with Gasteiger partial charge in [-0.1, -0.05) is 24.3 Å². The van der Waals surface area contributed by atoms with Crippen LogP contribution in [0.25, 0.3) is 22.6 Å². The van der Waals surface area contributed by atoms with E-state index in [2.05, 4.69) is 4.98 Å². The molecule has 0 saturated carbocycles. The Morgan fingerprint density at radius 1 is 1.14 bits per heavy atom. The Labute approximate surface area is 162 Å². The molecular weight excluding hydrogens is 354 g/mol. The van der Waals surface area contributed by atoms with Crippen molar-refractivity contribution in [1.82, 2.24) is 14.5 Å². The summed E-state index contributed by atoms with van der Waals surface area (Å²) in [6.45, 7) is 2.55. The summed E-state index contributed by atoms with van der Waals surface area (Å²) in [7, 11) is 1.66. The van der Waals surface area contributed by atoms with Crippen LogP contribution in [0.15, 0.2) is 60.8 Å². The minimum absolute atomic E-state index is 0.177. The molecule has 28 heavy (non-hydrogen) atoms. The van der Waals surface area contributed by atoms with Gasteiger partial charge in [0.05, 0.1) is 30.3 Å². The topological polar surface area (TPSA) is 77.2 Å². The number of nitrogens with zero attached hydrogens (tertiary/aromatic N) is 3. The van der Waals surface area contributed by atoms with Gasteiger partial charge in [0.25, 0.3) is 0 Å². The van der Waals surface area contributed by atoms with E-state index in [1.165, 1.54) is 12.3 Å². The van der Waals surface area contributed by atoms with Crippen molar-refractivity contribution in [1.29, 1.82) is 0 Å². The van der Waals surface area contributed by atoms with Gasteiger partial charge in [-0.2, -0.15) is 0 Å². The molecule has 0 amide bonds. The van der Waals surface area contributed by atoms with E-state index in [1.807, 2.05) is 54.0 Å². The molecule has 0 aliphatic heterocycles. The average molecular weight is 373 g/mol. The van der Waals surface area contributed by atoms with E-state index in [-0.39, 0.29) is 5.56 Å². The van der Waals surface area contributed by atoms with Gasteiger partial charge in [0.1, 0.15) is 11.4 Å². The summed E-state index contributed by atoms with van der Waals surface area (Å²) in [6.07, 6.45) is 1.49. The normalized spacial score (nSPS) is 10.9. The van der Waals surface area contributed by atoms with Crippen LogP contribution in [0, 0.1) is 6.92 Å². The van der Waals surface area contributed by atoms with Crippen molar-refractivity contribution in [3.8, 4) is 17.3 Å². The molecule has 0 spiro atoms. The largest absolute Gasteiger partial charge is 0.496 e. The van der Waals surface area contributed by atoms with Gasteiger partial charge in [-0.25, -0.2) is 9.78 Å². The monoisotopic (exact) mass is 373 g/mol. The molecule has 0 aliphatic carbocycles. The van der Waals surface area contributed by atoms with Gasteiger partial charge in [-0.05, 0) is 42.8 Å². The third-order valence-electron chi connectivity index (χ3n) is 4.66. The number of aromatic carboxylic acids is 1. The number of benzene rings is 2. The smallest absolute Gasteiger partial charge is 0.335 e. The first-order chi connectivity index (χ1) is 13.6. The Balaban J connectivity index is 1.89. The highest BCUT2D eigenvalue weighted by Crippen LogP contribution is 2.28. The van der Waals surface area contributed by atoms with Crippen LogP contribution < -0.4 is 4.74 Å². The van der Waals surface area contributed by atoms with Crippen molar-refractivity contribution in [3.05, 3.63) is 77.5 Å². The number of carboxylic acid groups (broad SMARTS) is 1. The molecule has 0 fully saturated rings. The van der Waals surface area contributed by atoms with E-state index in [0.29, 0.717) is 18.1 Å². The maximum absolute atomic E-state index is 11.4. The highest BCUT2D eigenvalue weighted by atomic mass is 16.5. The summed E-state index contributed by atoms with van der Waals surface area (Å²) >= 11 is 0. The zero-order valence-electron chi connectivity index (χ0n) is 15.6. The first-order valence-corrected chi connectivity index (χ1v) is 8.85. The Morgan fingerprint density at radius 2 is 1.96 bits per heavy atom. The SMILES string of the molecule is COc1cc(C)ccc1Cn1c(-c2cc(C(=O)O)ccn2)nc2ccccc21. The molecule has 0 atom stereocenters. The van der Waals surface area contributed by atoms with Crippen LogP contribution in [0.3, 0.4) is 0 Å². The number of rotatable bonds is 5. The molecule has 0 aliphatic rings. The number of ether oxygens (including phenoxy) is 1. The van der Waals surface area contributed by atoms with Crippen molar-refractivity contribution in [2.75, 3.05) is 7.11 Å². The standard InChI is InChI=1S/C22H19N3O3/c1-14-7-8-16(20(11-14)28-2)13-25-19-6-4-3-5-17(19)24-21(25)18-12-15(22(26)27)9-10-23-18/h3-12H,13H2,1-2H3,(H,26,27). The Kier molecular flexibility index (Phi) is 4.53. The predicted octanol–water partition coefficient (Wildman–Crippen LogP) is 4.16. The zero-order valence-corrected chi connectivity index (χ0v) is 15.6. The van der Waals surface area contributed by atoms with Crippen LogP contribution in [0.5, 0.6) is 5.75 Å². The number of hydrogen-bond acceptors (Lipinski definition) is 4. The molecule has 6 nitrogen and oxygen atoms in total. The second-order valence-electron chi connectivity index (χ2n) is 6.56. The van der Waals surface area contributed by atoms with E-state index >= 15 is 0 Å². The summed E-state index contributed by atoms with van der Waals surface area (Å²) in [5.74, 6) is 0.425. The maximum atomic E-state index is 11.4. The second-order valence-corrected chi connectivity index (χ2v) is 6.56. The van der Waals surface area contributed by atoms with Crippen molar-refractivity contribution < 1.29 is 14.6 Å². The lowest BCUT2D eigenvalue weighted by molar-refractivity contribution is 0.0697. The molecule has 6 heteroatoms. The maximum Gasteiger partial charge on any atom is 0.335 e. The van der Waals surface area contributed by atoms with E-state index in [4.69, 9.17) is 9.72 Å². The number of methoxy groups -OCH3 is 1. The van der Waals surface area contributed by atoms with Crippen LogP contribution in [-0.2, 0) is 6.54 Å². The van der Waals surface area contributed by atoms with Crippen molar-refractivity contribution in [2.45, 2.75) is 13.5 Å². The third-order valence-corrected chi connectivity index (χ3v) is 4.66. The summed E-state index contributed by atoms with van der Waals surface area (Å²) in [5, 5.41) is 9.32. The van der Waals surface area contributed by atoms with Crippen LogP contribution in [0.2, 0.25) is 0 Å². The van der Waals surface area contributed by atoms with Crippen molar-refractivity contribution >= 4 is 17.0 Å². The fourth-order valence-electron chi connectivity index (χ4n) is 3.27. The van der Waals surface area contributed by atoms with E-state index in [0.717, 1.165) is 27.9 Å². The molecule has 1 N–H and O–H groups in total. The lowest BCUT2D eigenvalue weighted by Crippen LogP contribution is -2.06. The number of aryl methyl sites for hydroxylation is 1. The van der Waals surface area contributed by atoms with Crippen molar-refractivity contribution in [2.24, 2.45) is 0 Å². The first kappa shape index (κ1) is 17.7. The van der Waals surface area contributed by atoms with Gasteiger partial charge in [0.15, 0.2) is 5.82 Å². The fraction of sp³-hybridized carbons (Fsp3) is 0.136.